The Balaban J connectivity index is 2.80. The van der Waals surface area contributed by atoms with Crippen LogP contribution < -0.4 is 9.55 Å². The Morgan fingerprint density at radius 3 is 2.36 bits per heavy atom. The molecule has 0 unspecified atom stereocenters. The van der Waals surface area contributed by atoms with Gasteiger partial charge in [-0.1, -0.05) is 0 Å². The minimum absolute atomic E-state index is 0.564. The van der Waals surface area contributed by atoms with Crippen LogP contribution in [0.1, 0.15) is 19.8 Å². The Morgan fingerprint density at radius 1 is 1.09 bits per heavy atom. The summed E-state index contributed by atoms with van der Waals surface area (Å²) in [5.74, 6) is 0. The molecule has 0 heterocycles. The Hall–Kier alpha value is 0.478. The Morgan fingerprint density at radius 2 is 1.82 bits per heavy atom. The van der Waals surface area contributed by atoms with Crippen molar-refractivity contribution in [1.29, 1.82) is 0 Å². The molecule has 3 heteroatoms. The molecule has 0 saturated carbocycles. The molecule has 0 fully saturated rings. The van der Waals surface area contributed by atoms with Crippen LogP contribution in [0, 0.1) is 0 Å². The van der Waals surface area contributed by atoms with E-state index in [-0.39, 0.29) is 0 Å². The molecular weight excluding hydrogens is 199 g/mol. The number of nitrogens with one attached hydrogen (secondary N) is 2. The molecule has 2 N–H and O–H groups in total. The molecule has 68 valence electrons. The van der Waals surface area contributed by atoms with Gasteiger partial charge < -0.3 is 0 Å². The van der Waals surface area contributed by atoms with Gasteiger partial charge in [-0.3, -0.25) is 0 Å². The minimum atomic E-state index is -0.564. The third kappa shape index (κ3) is 10.5. The van der Waals surface area contributed by atoms with Crippen LogP contribution in [0.3, 0.4) is 0 Å². The fraction of sp³-hybridized carbons (Fsp3) is 1.00. The van der Waals surface area contributed by atoms with Crippen LogP contribution in [-0.2, 0) is 0 Å². The van der Waals surface area contributed by atoms with Crippen LogP contribution >= 0.6 is 0 Å². The Labute approximate surface area is 75.6 Å². The van der Waals surface area contributed by atoms with Gasteiger partial charge in [0.05, 0.1) is 0 Å². The van der Waals surface area contributed by atoms with Gasteiger partial charge in [0.15, 0.2) is 0 Å². The van der Waals surface area contributed by atoms with Gasteiger partial charge in [-0.15, -0.1) is 0 Å². The van der Waals surface area contributed by atoms with Gasteiger partial charge in [0, 0.05) is 0 Å². The van der Waals surface area contributed by atoms with Crippen LogP contribution in [-0.4, -0.2) is 34.5 Å². The van der Waals surface area contributed by atoms with Crippen LogP contribution in [0.4, 0.5) is 0 Å². The predicted octanol–water partition coefficient (Wildman–Crippen LogP) is 1.22. The second-order valence-electron chi connectivity index (χ2n) is 2.91. The standard InChI is InChI=1S/C8H21AsN2/c1-4-6-10-7-5-8-11-9(2)3/h10-11H,4-8H2,1-3H3. The Kier molecular flexibility index (Phi) is 8.95. The molecule has 0 spiro atoms. The molecule has 0 aromatic rings. The summed E-state index contributed by atoms with van der Waals surface area (Å²) in [6.45, 7) is 5.74. The summed E-state index contributed by atoms with van der Waals surface area (Å²) in [7, 11) is 0. The quantitative estimate of drug-likeness (QED) is 0.498. The van der Waals surface area contributed by atoms with Crippen molar-refractivity contribution in [3.8, 4) is 0 Å². The second kappa shape index (κ2) is 8.57. The average Bonchev–Trinajstić information content (AvgIpc) is 1.96. The maximum absolute atomic E-state index is 3.53. The predicted molar refractivity (Wildman–Crippen MR) is 53.3 cm³/mol. The van der Waals surface area contributed by atoms with Crippen LogP contribution in [0.5, 0.6) is 0 Å². The first-order valence-corrected chi connectivity index (χ1v) is 9.08. The molecule has 0 rings (SSSR count). The van der Waals surface area contributed by atoms with E-state index in [1.165, 1.54) is 32.5 Å². The average molecular weight is 220 g/mol. The molecule has 0 aromatic heterocycles. The van der Waals surface area contributed by atoms with Crippen molar-refractivity contribution in [1.82, 2.24) is 9.55 Å². The van der Waals surface area contributed by atoms with Crippen molar-refractivity contribution < 1.29 is 0 Å². The SMILES string of the molecule is CCCNCCCN[As](C)C. The monoisotopic (exact) mass is 220 g/mol. The van der Waals surface area contributed by atoms with Crippen molar-refractivity contribution in [3.05, 3.63) is 0 Å². The van der Waals surface area contributed by atoms with Gasteiger partial charge in [0.25, 0.3) is 0 Å². The molecule has 0 amide bonds. The van der Waals surface area contributed by atoms with E-state index < -0.39 is 14.9 Å². The number of hydrogen-bond donors (Lipinski definition) is 2. The van der Waals surface area contributed by atoms with Crippen LogP contribution in [0.25, 0.3) is 0 Å². The van der Waals surface area contributed by atoms with Crippen molar-refractivity contribution in [2.75, 3.05) is 19.6 Å². The zero-order valence-electron chi connectivity index (χ0n) is 7.98. The summed E-state index contributed by atoms with van der Waals surface area (Å²) in [4.78, 5) is 0. The fourth-order valence-electron chi connectivity index (χ4n) is 0.818. The fourth-order valence-corrected chi connectivity index (χ4v) is 2.09. The van der Waals surface area contributed by atoms with Gasteiger partial charge in [-0.25, -0.2) is 0 Å². The topological polar surface area (TPSA) is 24.1 Å². The van der Waals surface area contributed by atoms with E-state index in [0.29, 0.717) is 0 Å². The van der Waals surface area contributed by atoms with Gasteiger partial charge in [-0.05, 0) is 0 Å². The molecular formula is C8H21AsN2. The number of hydrogen-bond acceptors (Lipinski definition) is 2. The summed E-state index contributed by atoms with van der Waals surface area (Å²) in [6, 6.07) is 0. The maximum atomic E-state index is 3.53. The second-order valence-corrected chi connectivity index (χ2v) is 7.32. The zero-order chi connectivity index (χ0) is 8.53. The third-order valence-electron chi connectivity index (χ3n) is 1.39. The van der Waals surface area contributed by atoms with Crippen molar-refractivity contribution in [3.63, 3.8) is 0 Å². The van der Waals surface area contributed by atoms with E-state index in [2.05, 4.69) is 27.9 Å². The van der Waals surface area contributed by atoms with Crippen LogP contribution in [0.15, 0.2) is 0 Å². The first-order chi connectivity index (χ1) is 5.27. The summed E-state index contributed by atoms with van der Waals surface area (Å²) in [5, 5.41) is 3.38. The van der Waals surface area contributed by atoms with Gasteiger partial charge in [0.2, 0.25) is 0 Å². The molecule has 0 aliphatic carbocycles. The Bertz CT molecular complexity index is 76.5. The van der Waals surface area contributed by atoms with Crippen LogP contribution in [0.2, 0.25) is 11.4 Å². The summed E-state index contributed by atoms with van der Waals surface area (Å²) in [5.41, 5.74) is 4.65. The third-order valence-corrected chi connectivity index (χ3v) is 3.18. The molecule has 0 aliphatic rings. The van der Waals surface area contributed by atoms with Crippen molar-refractivity contribution >= 4 is 14.9 Å². The molecule has 0 saturated heterocycles. The van der Waals surface area contributed by atoms with E-state index in [0.717, 1.165) is 0 Å². The molecule has 0 atom stereocenters. The van der Waals surface area contributed by atoms with E-state index in [4.69, 9.17) is 0 Å². The number of rotatable bonds is 7. The van der Waals surface area contributed by atoms with Gasteiger partial charge >= 0.3 is 75.3 Å². The summed E-state index contributed by atoms with van der Waals surface area (Å²) < 4.78 is 3.53. The van der Waals surface area contributed by atoms with E-state index >= 15 is 0 Å². The molecule has 0 aliphatic heterocycles. The normalized spacial score (nSPS) is 10.9. The summed E-state index contributed by atoms with van der Waals surface area (Å²) in [6.07, 6.45) is 2.51. The summed E-state index contributed by atoms with van der Waals surface area (Å²) >= 11 is -0.564. The molecule has 0 aromatic carbocycles. The first kappa shape index (κ1) is 11.5. The zero-order valence-corrected chi connectivity index (χ0v) is 9.86. The van der Waals surface area contributed by atoms with Crippen molar-refractivity contribution in [2.45, 2.75) is 31.2 Å². The van der Waals surface area contributed by atoms with E-state index in [1.54, 1.807) is 0 Å². The molecule has 0 radical (unpaired) electrons. The first-order valence-electron chi connectivity index (χ1n) is 4.39. The van der Waals surface area contributed by atoms with Gasteiger partial charge in [-0.2, -0.15) is 0 Å². The molecule has 2 nitrogen and oxygen atoms in total. The molecule has 0 bridgehead atoms. The molecule has 11 heavy (non-hydrogen) atoms. The van der Waals surface area contributed by atoms with Crippen molar-refractivity contribution in [2.24, 2.45) is 0 Å². The van der Waals surface area contributed by atoms with E-state index in [9.17, 15) is 0 Å². The van der Waals surface area contributed by atoms with E-state index in [1.807, 2.05) is 0 Å². The van der Waals surface area contributed by atoms with Gasteiger partial charge in [0.1, 0.15) is 0 Å².